The summed E-state index contributed by atoms with van der Waals surface area (Å²) in [4.78, 5) is 5.45. The molecule has 0 amide bonds. The molecule has 2 nitrogen and oxygen atoms in total. The fraction of sp³-hybridized carbons (Fsp3) is 0.312. The fourth-order valence-corrected chi connectivity index (χ4v) is 2.18. The maximum Gasteiger partial charge on any atom is 0.433 e. The van der Waals surface area contributed by atoms with E-state index in [1.165, 1.54) is 12.3 Å². The summed E-state index contributed by atoms with van der Waals surface area (Å²) in [7, 11) is 0. The van der Waals surface area contributed by atoms with Crippen LogP contribution >= 0.6 is 0 Å². The molecule has 0 radical (unpaired) electrons. The lowest BCUT2D eigenvalue weighted by atomic mass is 10.1. The van der Waals surface area contributed by atoms with Crippen molar-refractivity contribution in [1.29, 1.82) is 0 Å². The molecule has 5 heteroatoms. The van der Waals surface area contributed by atoms with Gasteiger partial charge in [0.1, 0.15) is 5.69 Å². The Kier molecular flexibility index (Phi) is 4.96. The molecule has 21 heavy (non-hydrogen) atoms. The Labute approximate surface area is 122 Å². The number of hydrogen-bond acceptors (Lipinski definition) is 2. The predicted molar refractivity (Wildman–Crippen MR) is 75.5 cm³/mol. The second kappa shape index (κ2) is 6.72. The molecule has 0 saturated heterocycles. The van der Waals surface area contributed by atoms with Crippen molar-refractivity contribution in [3.05, 3.63) is 65.5 Å². The Morgan fingerprint density at radius 3 is 2.33 bits per heavy atom. The highest BCUT2D eigenvalue weighted by Crippen LogP contribution is 2.30. The van der Waals surface area contributed by atoms with E-state index in [9.17, 15) is 13.2 Å². The van der Waals surface area contributed by atoms with E-state index in [0.717, 1.165) is 5.56 Å². The van der Waals surface area contributed by atoms with Gasteiger partial charge in [0.2, 0.25) is 0 Å². The van der Waals surface area contributed by atoms with Crippen molar-refractivity contribution in [1.82, 2.24) is 9.88 Å². The van der Waals surface area contributed by atoms with Crippen molar-refractivity contribution >= 4 is 0 Å². The van der Waals surface area contributed by atoms with E-state index >= 15 is 0 Å². The van der Waals surface area contributed by atoms with E-state index in [1.54, 1.807) is 6.07 Å². The summed E-state index contributed by atoms with van der Waals surface area (Å²) in [6.45, 7) is 3.45. The number of rotatable bonds is 5. The Hall–Kier alpha value is -1.88. The quantitative estimate of drug-likeness (QED) is 0.824. The van der Waals surface area contributed by atoms with E-state index in [-0.39, 0.29) is 12.1 Å². The number of nitrogens with zero attached hydrogens (tertiary/aromatic N) is 2. The minimum Gasteiger partial charge on any atom is -0.295 e. The van der Waals surface area contributed by atoms with E-state index in [1.807, 2.05) is 42.2 Å². The number of alkyl halides is 3. The molecule has 2 rings (SSSR count). The number of hydrogen-bond donors (Lipinski definition) is 0. The number of pyridine rings is 1. The number of halogens is 3. The highest BCUT2D eigenvalue weighted by atomic mass is 19.4. The van der Waals surface area contributed by atoms with E-state index in [2.05, 4.69) is 4.98 Å². The van der Waals surface area contributed by atoms with Crippen LogP contribution in [-0.2, 0) is 19.3 Å². The van der Waals surface area contributed by atoms with Crippen molar-refractivity contribution in [2.75, 3.05) is 6.54 Å². The van der Waals surface area contributed by atoms with Gasteiger partial charge in [-0.25, -0.2) is 0 Å². The highest BCUT2D eigenvalue weighted by Gasteiger charge is 2.35. The van der Waals surface area contributed by atoms with Gasteiger partial charge in [-0.3, -0.25) is 9.88 Å². The van der Waals surface area contributed by atoms with E-state index in [4.69, 9.17) is 0 Å². The Bertz CT molecular complexity index is 567. The zero-order valence-corrected chi connectivity index (χ0v) is 11.8. The van der Waals surface area contributed by atoms with Gasteiger partial charge in [0.05, 0.1) is 0 Å². The summed E-state index contributed by atoms with van der Waals surface area (Å²) in [6, 6.07) is 12.7. The lowest BCUT2D eigenvalue weighted by molar-refractivity contribution is -0.142. The molecule has 0 aliphatic heterocycles. The second-order valence-electron chi connectivity index (χ2n) is 4.80. The van der Waals surface area contributed by atoms with Gasteiger partial charge < -0.3 is 0 Å². The van der Waals surface area contributed by atoms with Crippen LogP contribution in [0.15, 0.2) is 48.7 Å². The van der Waals surface area contributed by atoms with Gasteiger partial charge in [0.25, 0.3) is 0 Å². The molecule has 0 fully saturated rings. The summed E-state index contributed by atoms with van der Waals surface area (Å²) in [5, 5.41) is 0. The Morgan fingerprint density at radius 1 is 1.00 bits per heavy atom. The average Bonchev–Trinajstić information content (AvgIpc) is 2.47. The van der Waals surface area contributed by atoms with Gasteiger partial charge in [0.15, 0.2) is 0 Å². The summed E-state index contributed by atoms with van der Waals surface area (Å²) in [5.41, 5.74) is 0.496. The monoisotopic (exact) mass is 294 g/mol. The lowest BCUT2D eigenvalue weighted by Gasteiger charge is -2.22. The molecule has 0 N–H and O–H groups in total. The van der Waals surface area contributed by atoms with Crippen molar-refractivity contribution in [2.45, 2.75) is 26.2 Å². The molecule has 1 heterocycles. The van der Waals surface area contributed by atoms with Gasteiger partial charge in [0, 0.05) is 19.3 Å². The van der Waals surface area contributed by atoms with Crippen LogP contribution in [0.25, 0.3) is 0 Å². The van der Waals surface area contributed by atoms with Crippen LogP contribution in [0, 0.1) is 0 Å². The molecular formula is C16H17F3N2. The average molecular weight is 294 g/mol. The molecule has 1 aromatic carbocycles. The topological polar surface area (TPSA) is 16.1 Å². The lowest BCUT2D eigenvalue weighted by Crippen LogP contribution is -2.24. The Morgan fingerprint density at radius 2 is 1.71 bits per heavy atom. The zero-order valence-electron chi connectivity index (χ0n) is 11.8. The summed E-state index contributed by atoms with van der Waals surface area (Å²) in [5.74, 6) is 0. The first kappa shape index (κ1) is 15.5. The molecule has 0 aliphatic rings. The van der Waals surface area contributed by atoms with Crippen LogP contribution in [0.1, 0.15) is 23.7 Å². The van der Waals surface area contributed by atoms with Gasteiger partial charge >= 0.3 is 6.18 Å². The third kappa shape index (κ3) is 4.29. The molecule has 0 bridgehead atoms. The van der Waals surface area contributed by atoms with Gasteiger partial charge in [-0.2, -0.15) is 13.2 Å². The third-order valence-corrected chi connectivity index (χ3v) is 3.25. The predicted octanol–water partition coefficient (Wildman–Crippen LogP) is 4.12. The van der Waals surface area contributed by atoms with Crippen LogP contribution in [0.3, 0.4) is 0 Å². The molecule has 112 valence electrons. The smallest absolute Gasteiger partial charge is 0.295 e. The fourth-order valence-electron chi connectivity index (χ4n) is 2.18. The molecule has 0 aliphatic carbocycles. The maximum atomic E-state index is 12.9. The first-order valence-electron chi connectivity index (χ1n) is 6.78. The van der Waals surface area contributed by atoms with E-state index in [0.29, 0.717) is 13.1 Å². The van der Waals surface area contributed by atoms with Crippen molar-refractivity contribution < 1.29 is 13.2 Å². The molecule has 2 aromatic rings. The van der Waals surface area contributed by atoms with Crippen LogP contribution in [-0.4, -0.2) is 16.4 Å². The van der Waals surface area contributed by atoms with Crippen LogP contribution in [0.4, 0.5) is 13.2 Å². The minimum atomic E-state index is -4.41. The standard InChI is InChI=1S/C16H17F3N2/c1-2-21(11-13-7-4-3-5-8-13)12-14-9-6-10-20-15(14)16(17,18)19/h3-10H,2,11-12H2,1H3. The molecule has 1 aromatic heterocycles. The van der Waals surface area contributed by atoms with Gasteiger partial charge in [-0.1, -0.05) is 43.3 Å². The molecule has 0 atom stereocenters. The van der Waals surface area contributed by atoms with Gasteiger partial charge in [-0.15, -0.1) is 0 Å². The molecule has 0 saturated carbocycles. The van der Waals surface area contributed by atoms with Crippen LogP contribution in [0.2, 0.25) is 0 Å². The summed E-state index contributed by atoms with van der Waals surface area (Å²) >= 11 is 0. The summed E-state index contributed by atoms with van der Waals surface area (Å²) in [6.07, 6.45) is -3.23. The maximum absolute atomic E-state index is 12.9. The van der Waals surface area contributed by atoms with Crippen LogP contribution < -0.4 is 0 Å². The minimum absolute atomic E-state index is 0.211. The number of benzene rings is 1. The molecular weight excluding hydrogens is 277 g/mol. The first-order valence-corrected chi connectivity index (χ1v) is 6.78. The first-order chi connectivity index (χ1) is 10.0. The molecule has 0 spiro atoms. The van der Waals surface area contributed by atoms with Crippen LogP contribution in [0.5, 0.6) is 0 Å². The summed E-state index contributed by atoms with van der Waals surface area (Å²) < 4.78 is 38.8. The van der Waals surface area contributed by atoms with E-state index < -0.39 is 11.9 Å². The molecule has 0 unspecified atom stereocenters. The van der Waals surface area contributed by atoms with Crippen molar-refractivity contribution in [2.24, 2.45) is 0 Å². The normalized spacial score (nSPS) is 11.9. The Balaban J connectivity index is 2.16. The van der Waals surface area contributed by atoms with Gasteiger partial charge in [-0.05, 0) is 23.7 Å². The third-order valence-electron chi connectivity index (χ3n) is 3.25. The largest absolute Gasteiger partial charge is 0.433 e. The second-order valence-corrected chi connectivity index (χ2v) is 4.80. The highest BCUT2D eigenvalue weighted by molar-refractivity contribution is 5.22. The van der Waals surface area contributed by atoms with Crippen molar-refractivity contribution in [3.8, 4) is 0 Å². The number of aromatic nitrogens is 1. The SMILES string of the molecule is CCN(Cc1ccccc1)Cc1cccnc1C(F)(F)F. The zero-order chi connectivity index (χ0) is 15.3. The van der Waals surface area contributed by atoms with Crippen molar-refractivity contribution in [3.63, 3.8) is 0 Å².